The van der Waals surface area contributed by atoms with E-state index in [4.69, 9.17) is 4.74 Å². The summed E-state index contributed by atoms with van der Waals surface area (Å²) < 4.78 is 5.41. The Morgan fingerprint density at radius 3 is 2.41 bits per heavy atom. The van der Waals surface area contributed by atoms with Crippen molar-refractivity contribution in [3.63, 3.8) is 0 Å². The van der Waals surface area contributed by atoms with E-state index in [1.165, 1.54) is 18.3 Å². The lowest BCUT2D eigenvalue weighted by molar-refractivity contribution is -0.119. The van der Waals surface area contributed by atoms with Gasteiger partial charge in [0.1, 0.15) is 10.8 Å². The molecule has 8 heteroatoms. The molecule has 1 aromatic heterocycles. The number of benzene rings is 1. The summed E-state index contributed by atoms with van der Waals surface area (Å²) in [6.07, 6.45) is 4.85. The molecule has 3 N–H and O–H groups in total. The SMILES string of the molecule is CCOc1ccc(C(=O)Nc2sc3c(c2C(=O)NNC(C)=O)CCCCC3)cc1. The van der Waals surface area contributed by atoms with Crippen LogP contribution in [0, 0.1) is 0 Å². The average Bonchev–Trinajstić information content (AvgIpc) is 2.87. The highest BCUT2D eigenvalue weighted by atomic mass is 32.1. The van der Waals surface area contributed by atoms with Gasteiger partial charge in [-0.25, -0.2) is 0 Å². The Hall–Kier alpha value is -2.87. The third-order valence-corrected chi connectivity index (χ3v) is 5.86. The second-order valence-corrected chi connectivity index (χ2v) is 7.92. The molecule has 3 rings (SSSR count). The smallest absolute Gasteiger partial charge is 0.272 e. The first-order chi connectivity index (χ1) is 14.0. The molecule has 2 aromatic rings. The predicted molar refractivity (Wildman–Crippen MR) is 112 cm³/mol. The third-order valence-electron chi connectivity index (χ3n) is 4.65. The zero-order valence-corrected chi connectivity index (χ0v) is 17.4. The Morgan fingerprint density at radius 1 is 1.00 bits per heavy atom. The van der Waals surface area contributed by atoms with Gasteiger partial charge in [0.2, 0.25) is 5.91 Å². The molecule has 0 fully saturated rings. The molecule has 0 aliphatic heterocycles. The highest BCUT2D eigenvalue weighted by Crippen LogP contribution is 2.37. The van der Waals surface area contributed by atoms with Gasteiger partial charge in [-0.05, 0) is 62.4 Å². The van der Waals surface area contributed by atoms with E-state index in [0.717, 1.165) is 42.5 Å². The molecule has 0 saturated carbocycles. The van der Waals surface area contributed by atoms with Crippen LogP contribution in [0.2, 0.25) is 0 Å². The fourth-order valence-electron chi connectivity index (χ4n) is 3.32. The lowest BCUT2D eigenvalue weighted by atomic mass is 10.0. The second-order valence-electron chi connectivity index (χ2n) is 6.82. The molecule has 0 atom stereocenters. The number of amides is 3. The van der Waals surface area contributed by atoms with Gasteiger partial charge in [0.25, 0.3) is 11.8 Å². The van der Waals surface area contributed by atoms with Gasteiger partial charge in [-0.15, -0.1) is 11.3 Å². The number of hydrazine groups is 1. The lowest BCUT2D eigenvalue weighted by Crippen LogP contribution is -2.40. The van der Waals surface area contributed by atoms with Crippen molar-refractivity contribution >= 4 is 34.1 Å². The first kappa shape index (κ1) is 20.9. The Morgan fingerprint density at radius 2 is 1.72 bits per heavy atom. The largest absolute Gasteiger partial charge is 0.494 e. The highest BCUT2D eigenvalue weighted by molar-refractivity contribution is 7.17. The number of hydrogen-bond donors (Lipinski definition) is 3. The van der Waals surface area contributed by atoms with Gasteiger partial charge >= 0.3 is 0 Å². The zero-order valence-electron chi connectivity index (χ0n) is 16.6. The molecule has 0 radical (unpaired) electrons. The maximum absolute atomic E-state index is 12.8. The fraction of sp³-hybridized carbons (Fsp3) is 0.381. The van der Waals surface area contributed by atoms with Crippen LogP contribution in [-0.2, 0) is 17.6 Å². The van der Waals surface area contributed by atoms with Crippen molar-refractivity contribution in [3.8, 4) is 5.75 Å². The van der Waals surface area contributed by atoms with Gasteiger partial charge in [-0.3, -0.25) is 25.2 Å². The van der Waals surface area contributed by atoms with Crippen LogP contribution in [0.4, 0.5) is 5.00 Å². The van der Waals surface area contributed by atoms with Gasteiger partial charge < -0.3 is 10.1 Å². The van der Waals surface area contributed by atoms with E-state index < -0.39 is 5.91 Å². The summed E-state index contributed by atoms with van der Waals surface area (Å²) >= 11 is 1.44. The van der Waals surface area contributed by atoms with E-state index >= 15 is 0 Å². The van der Waals surface area contributed by atoms with Crippen LogP contribution < -0.4 is 20.9 Å². The maximum Gasteiger partial charge on any atom is 0.272 e. The average molecular weight is 416 g/mol. The highest BCUT2D eigenvalue weighted by Gasteiger charge is 2.26. The maximum atomic E-state index is 12.8. The number of hydrogen-bond acceptors (Lipinski definition) is 5. The van der Waals surface area contributed by atoms with Crippen molar-refractivity contribution in [2.45, 2.75) is 46.0 Å². The fourth-order valence-corrected chi connectivity index (χ4v) is 4.60. The molecule has 0 unspecified atom stereocenters. The summed E-state index contributed by atoms with van der Waals surface area (Å²) in [5, 5.41) is 3.40. The van der Waals surface area contributed by atoms with Crippen LogP contribution >= 0.6 is 11.3 Å². The Balaban J connectivity index is 1.86. The first-order valence-corrected chi connectivity index (χ1v) is 10.6. The summed E-state index contributed by atoms with van der Waals surface area (Å²) in [4.78, 5) is 37.8. The molecule has 0 spiro atoms. The molecule has 154 valence electrons. The van der Waals surface area contributed by atoms with Crippen LogP contribution in [-0.4, -0.2) is 24.3 Å². The van der Waals surface area contributed by atoms with Gasteiger partial charge in [0.15, 0.2) is 0 Å². The molecule has 1 aromatic carbocycles. The molecule has 0 bridgehead atoms. The first-order valence-electron chi connectivity index (χ1n) is 9.75. The monoisotopic (exact) mass is 415 g/mol. The van der Waals surface area contributed by atoms with Crippen LogP contribution in [0.25, 0.3) is 0 Å². The number of thiophene rings is 1. The normalized spacial score (nSPS) is 13.0. The number of ether oxygens (including phenoxy) is 1. The molecule has 1 aliphatic rings. The van der Waals surface area contributed by atoms with Crippen LogP contribution in [0.3, 0.4) is 0 Å². The Labute approximate surface area is 173 Å². The number of fused-ring (bicyclic) bond motifs is 1. The predicted octanol–water partition coefficient (Wildman–Crippen LogP) is 3.45. The van der Waals surface area contributed by atoms with Crippen LogP contribution in [0.15, 0.2) is 24.3 Å². The van der Waals surface area contributed by atoms with E-state index in [-0.39, 0.29) is 11.8 Å². The van der Waals surface area contributed by atoms with Gasteiger partial charge in [0, 0.05) is 17.4 Å². The van der Waals surface area contributed by atoms with E-state index in [2.05, 4.69) is 16.2 Å². The van der Waals surface area contributed by atoms with Crippen molar-refractivity contribution in [1.29, 1.82) is 0 Å². The molecule has 1 aliphatic carbocycles. The van der Waals surface area contributed by atoms with Crippen molar-refractivity contribution in [2.75, 3.05) is 11.9 Å². The summed E-state index contributed by atoms with van der Waals surface area (Å²) in [5.74, 6) is -0.374. The second kappa shape index (κ2) is 9.56. The Bertz CT molecular complexity index is 905. The van der Waals surface area contributed by atoms with E-state index in [9.17, 15) is 14.4 Å². The van der Waals surface area contributed by atoms with Crippen molar-refractivity contribution in [3.05, 3.63) is 45.8 Å². The topological polar surface area (TPSA) is 96.5 Å². The minimum atomic E-state index is -0.415. The number of nitrogens with one attached hydrogen (secondary N) is 3. The number of aryl methyl sites for hydroxylation is 1. The minimum Gasteiger partial charge on any atom is -0.494 e. The third kappa shape index (κ3) is 5.14. The zero-order chi connectivity index (χ0) is 20.8. The van der Waals surface area contributed by atoms with Crippen molar-refractivity contribution in [2.24, 2.45) is 0 Å². The molecular formula is C21H25N3O4S. The van der Waals surface area contributed by atoms with Crippen molar-refractivity contribution < 1.29 is 19.1 Å². The summed E-state index contributed by atoms with van der Waals surface area (Å²) in [5.41, 5.74) is 6.65. The summed E-state index contributed by atoms with van der Waals surface area (Å²) in [6, 6.07) is 6.87. The quantitative estimate of drug-likeness (QED) is 0.515. The summed E-state index contributed by atoms with van der Waals surface area (Å²) in [7, 11) is 0. The van der Waals surface area contributed by atoms with Crippen LogP contribution in [0.1, 0.15) is 64.3 Å². The standard InChI is InChI=1S/C21H25N3O4S/c1-3-28-15-11-9-14(10-12-15)19(26)22-21-18(20(27)24-23-13(2)25)16-7-5-4-6-8-17(16)29-21/h9-12H,3-8H2,1-2H3,(H,22,26)(H,23,25)(H,24,27). The number of rotatable bonds is 5. The van der Waals surface area contributed by atoms with E-state index in [1.807, 2.05) is 6.92 Å². The van der Waals surface area contributed by atoms with E-state index in [0.29, 0.717) is 28.5 Å². The number of carbonyl (C=O) groups excluding carboxylic acids is 3. The Kier molecular flexibility index (Phi) is 6.87. The molecule has 0 saturated heterocycles. The van der Waals surface area contributed by atoms with Gasteiger partial charge in [-0.2, -0.15) is 0 Å². The number of carbonyl (C=O) groups is 3. The summed E-state index contributed by atoms with van der Waals surface area (Å²) in [6.45, 7) is 3.77. The lowest BCUT2D eigenvalue weighted by Gasteiger charge is -2.10. The van der Waals surface area contributed by atoms with Crippen molar-refractivity contribution in [1.82, 2.24) is 10.9 Å². The van der Waals surface area contributed by atoms with E-state index in [1.54, 1.807) is 24.3 Å². The van der Waals surface area contributed by atoms with Gasteiger partial charge in [-0.1, -0.05) is 6.42 Å². The molecule has 1 heterocycles. The molecule has 7 nitrogen and oxygen atoms in total. The molecular weight excluding hydrogens is 390 g/mol. The van der Waals surface area contributed by atoms with Crippen LogP contribution in [0.5, 0.6) is 5.75 Å². The molecule has 29 heavy (non-hydrogen) atoms. The minimum absolute atomic E-state index is 0.293. The molecule has 3 amide bonds. The van der Waals surface area contributed by atoms with Gasteiger partial charge in [0.05, 0.1) is 12.2 Å². The number of anilines is 1.